The third-order valence-electron chi connectivity index (χ3n) is 11.4. The van der Waals surface area contributed by atoms with Gasteiger partial charge in [-0.25, -0.2) is 9.59 Å². The van der Waals surface area contributed by atoms with E-state index in [4.69, 9.17) is 28.1 Å². The van der Waals surface area contributed by atoms with Crippen molar-refractivity contribution in [2.45, 2.75) is 98.6 Å². The Kier molecular flexibility index (Phi) is 8.80. The van der Waals surface area contributed by atoms with Crippen molar-refractivity contribution in [1.82, 2.24) is 0 Å². The number of rotatable bonds is 7. The van der Waals surface area contributed by atoms with Crippen molar-refractivity contribution in [2.75, 3.05) is 7.11 Å². The van der Waals surface area contributed by atoms with E-state index in [1.807, 2.05) is 6.92 Å². The molecule has 1 aliphatic heterocycles. The van der Waals surface area contributed by atoms with Crippen LogP contribution in [0.2, 0.25) is 0 Å². The molecule has 2 saturated carbocycles. The summed E-state index contributed by atoms with van der Waals surface area (Å²) >= 11 is 0. The normalized spacial score (nSPS) is 35.9. The number of methoxy groups -OCH3 is 1. The van der Waals surface area contributed by atoms with Gasteiger partial charge in [-0.05, 0) is 50.7 Å². The van der Waals surface area contributed by atoms with Crippen molar-refractivity contribution in [3.8, 4) is 0 Å². The van der Waals surface area contributed by atoms with Gasteiger partial charge >= 0.3 is 29.8 Å². The molecule has 0 radical (unpaired) electrons. The summed E-state index contributed by atoms with van der Waals surface area (Å²) in [7, 11) is 1.15. The number of fused-ring (bicyclic) bond motifs is 6. The quantitative estimate of drug-likeness (QED) is 0.170. The number of carbonyl (C=O) groups is 6. The molecular formula is C36H44O12. The maximum Gasteiger partial charge on any atom is 0.347 e. The van der Waals surface area contributed by atoms with E-state index in [0.29, 0.717) is 24.0 Å². The molecule has 4 aliphatic rings. The second-order valence-electron chi connectivity index (χ2n) is 14.5. The summed E-state index contributed by atoms with van der Waals surface area (Å²) in [4.78, 5) is 81.2. The molecule has 1 aromatic heterocycles. The minimum atomic E-state index is -2.16. The van der Waals surface area contributed by atoms with Gasteiger partial charge in [0.05, 0.1) is 26.1 Å². The summed E-state index contributed by atoms with van der Waals surface area (Å²) in [6.45, 7) is 12.6. The number of carbonyl (C=O) groups excluding carboxylic acids is 6. The molecular weight excluding hydrogens is 624 g/mol. The van der Waals surface area contributed by atoms with E-state index >= 15 is 4.79 Å². The Morgan fingerprint density at radius 3 is 2.27 bits per heavy atom. The number of ether oxygens (including phenoxy) is 5. The Labute approximate surface area is 279 Å². The second-order valence-corrected chi connectivity index (χ2v) is 14.5. The number of cyclic esters (lactones) is 1. The fourth-order valence-corrected chi connectivity index (χ4v) is 9.40. The van der Waals surface area contributed by atoms with Gasteiger partial charge in [0.15, 0.2) is 11.9 Å². The molecule has 2 heterocycles. The van der Waals surface area contributed by atoms with Crippen molar-refractivity contribution in [1.29, 1.82) is 0 Å². The van der Waals surface area contributed by atoms with Gasteiger partial charge in [-0.15, -0.1) is 0 Å². The average molecular weight is 669 g/mol. The highest BCUT2D eigenvalue weighted by molar-refractivity contribution is 6.01. The van der Waals surface area contributed by atoms with E-state index in [-0.39, 0.29) is 12.0 Å². The van der Waals surface area contributed by atoms with Gasteiger partial charge < -0.3 is 28.1 Å². The van der Waals surface area contributed by atoms with Crippen LogP contribution in [-0.4, -0.2) is 60.5 Å². The summed E-state index contributed by atoms with van der Waals surface area (Å²) in [6, 6.07) is 1.74. The summed E-state index contributed by atoms with van der Waals surface area (Å²) < 4.78 is 34.3. The molecule has 48 heavy (non-hydrogen) atoms. The highest BCUT2D eigenvalue weighted by atomic mass is 16.6. The van der Waals surface area contributed by atoms with E-state index in [2.05, 4.69) is 0 Å². The predicted octanol–water partition coefficient (Wildman–Crippen LogP) is 4.76. The van der Waals surface area contributed by atoms with Crippen molar-refractivity contribution in [3.05, 3.63) is 47.5 Å². The minimum Gasteiger partial charge on any atom is -0.472 e. The number of hydrogen-bond acceptors (Lipinski definition) is 12. The zero-order valence-corrected chi connectivity index (χ0v) is 28.9. The van der Waals surface area contributed by atoms with Crippen LogP contribution in [0.1, 0.15) is 86.3 Å². The standard InChI is InChI=1S/C36H44O12/c1-10-18(2)29(40)47-32-33(5,6)27(26(30(41)43-9)45-19(3)37)35(8)23-11-13-34(7)24(15-25(39)46-28(34)21-12-14-44-17-21)22(23)16-36(32,31(35)42)48-20(4)38/h10,12,14,16-17,23-24,26-28,32H,11,13,15H2,1-9H3/b18-10+/t23-,24-,26+,27-,28-,32-,34+,35+,36-/m0/s1. The molecule has 12 nitrogen and oxygen atoms in total. The molecule has 12 heteroatoms. The zero-order chi connectivity index (χ0) is 35.6. The van der Waals surface area contributed by atoms with Crippen LogP contribution in [0.4, 0.5) is 0 Å². The molecule has 3 aliphatic carbocycles. The highest BCUT2D eigenvalue weighted by Crippen LogP contribution is 2.69. The van der Waals surface area contributed by atoms with Gasteiger partial charge in [-0.2, -0.15) is 0 Å². The van der Waals surface area contributed by atoms with E-state index in [1.165, 1.54) is 12.5 Å². The first-order valence-electron chi connectivity index (χ1n) is 16.2. The van der Waals surface area contributed by atoms with Crippen molar-refractivity contribution in [3.63, 3.8) is 0 Å². The largest absolute Gasteiger partial charge is 0.472 e. The molecule has 5 rings (SSSR count). The Bertz CT molecular complexity index is 1600. The Morgan fingerprint density at radius 2 is 1.71 bits per heavy atom. The molecule has 3 fully saturated rings. The first-order chi connectivity index (χ1) is 22.4. The van der Waals surface area contributed by atoms with Crippen molar-refractivity contribution >= 4 is 35.6 Å². The molecule has 1 aromatic rings. The van der Waals surface area contributed by atoms with Crippen molar-refractivity contribution in [2.24, 2.45) is 34.0 Å². The predicted molar refractivity (Wildman–Crippen MR) is 166 cm³/mol. The lowest BCUT2D eigenvalue weighted by Crippen LogP contribution is -2.77. The minimum absolute atomic E-state index is 0.0336. The Hall–Kier alpha value is -4.22. The van der Waals surface area contributed by atoms with Crippen LogP contribution in [0.15, 0.2) is 46.3 Å². The second kappa shape index (κ2) is 12.0. The molecule has 1 saturated heterocycles. The van der Waals surface area contributed by atoms with Gasteiger partial charge in [0, 0.05) is 47.1 Å². The lowest BCUT2D eigenvalue weighted by Gasteiger charge is -2.66. The van der Waals surface area contributed by atoms with Crippen LogP contribution in [0, 0.1) is 34.0 Å². The first-order valence-corrected chi connectivity index (χ1v) is 16.2. The number of Topliss-reactive ketones (excluding diaryl/α,β-unsaturated/α-hetero) is 1. The molecule has 260 valence electrons. The van der Waals surface area contributed by atoms with E-state index in [9.17, 15) is 24.0 Å². The van der Waals surface area contributed by atoms with Crippen LogP contribution in [0.3, 0.4) is 0 Å². The number of furan rings is 1. The third-order valence-corrected chi connectivity index (χ3v) is 11.4. The molecule has 0 spiro atoms. The monoisotopic (exact) mass is 668 g/mol. The lowest BCUT2D eigenvalue weighted by atomic mass is 9.39. The zero-order valence-electron chi connectivity index (χ0n) is 28.9. The fraction of sp³-hybridized carbons (Fsp3) is 0.611. The highest BCUT2D eigenvalue weighted by Gasteiger charge is 2.77. The maximum absolute atomic E-state index is 15.3. The molecule has 0 unspecified atom stereocenters. The third kappa shape index (κ3) is 5.09. The van der Waals surface area contributed by atoms with Gasteiger partial charge in [-0.1, -0.05) is 39.3 Å². The van der Waals surface area contributed by atoms with E-state index in [0.717, 1.165) is 21.0 Å². The van der Waals surface area contributed by atoms with Gasteiger partial charge in [0.2, 0.25) is 11.7 Å². The van der Waals surface area contributed by atoms with Gasteiger partial charge in [0.25, 0.3) is 0 Å². The van der Waals surface area contributed by atoms with Crippen LogP contribution >= 0.6 is 0 Å². The van der Waals surface area contributed by atoms with Crippen LogP contribution in [-0.2, 0) is 52.5 Å². The topological polar surface area (TPSA) is 162 Å². The molecule has 0 N–H and O–H groups in total. The SMILES string of the molecule is C/C=C(\C)C(=O)O[C@H]1C(C)(C)[C@H]([C@@H](OC(C)=O)C(=O)OC)[C@]2(C)C(=O)[C@@]1(OC(C)=O)C=C1[C@@H]3CC(=O)O[C@@H](c4ccoc4)[C@]3(C)CC[C@@H]12. The maximum atomic E-state index is 15.3. The number of allylic oxidation sites excluding steroid dienone is 2. The average Bonchev–Trinajstić information content (AvgIpc) is 3.55. The summed E-state index contributed by atoms with van der Waals surface area (Å²) in [5, 5.41) is 0. The van der Waals surface area contributed by atoms with Crippen LogP contribution in [0.25, 0.3) is 0 Å². The van der Waals surface area contributed by atoms with Crippen LogP contribution < -0.4 is 0 Å². The number of ketones is 1. The molecule has 2 bridgehead atoms. The van der Waals surface area contributed by atoms with Crippen LogP contribution in [0.5, 0.6) is 0 Å². The summed E-state index contributed by atoms with van der Waals surface area (Å²) in [5.74, 6) is -6.57. The smallest absolute Gasteiger partial charge is 0.347 e. The van der Waals surface area contributed by atoms with E-state index < -0.39 is 93.5 Å². The molecule has 0 aromatic carbocycles. The summed E-state index contributed by atoms with van der Waals surface area (Å²) in [5.41, 5.74) is -4.19. The summed E-state index contributed by atoms with van der Waals surface area (Å²) in [6.07, 6.45) is 3.28. The number of esters is 5. The molecule has 0 amide bonds. The first kappa shape index (κ1) is 35.1. The number of hydrogen-bond donors (Lipinski definition) is 0. The van der Waals surface area contributed by atoms with Crippen molar-refractivity contribution < 1.29 is 56.9 Å². The van der Waals surface area contributed by atoms with Gasteiger partial charge in [-0.3, -0.25) is 19.2 Å². The molecule has 9 atom stereocenters. The lowest BCUT2D eigenvalue weighted by molar-refractivity contribution is -0.243. The van der Waals surface area contributed by atoms with E-state index in [1.54, 1.807) is 52.8 Å². The Morgan fingerprint density at radius 1 is 1.02 bits per heavy atom. The van der Waals surface area contributed by atoms with Gasteiger partial charge in [0.1, 0.15) is 6.10 Å². The fourth-order valence-electron chi connectivity index (χ4n) is 9.40. The Balaban J connectivity index is 1.84.